The molecule has 1 aliphatic heterocycles. The van der Waals surface area contributed by atoms with Crippen LogP contribution in [0.5, 0.6) is 0 Å². The van der Waals surface area contributed by atoms with E-state index in [1.165, 1.54) is 27.0 Å². The molecule has 1 unspecified atom stereocenters. The van der Waals surface area contributed by atoms with Gasteiger partial charge in [0.2, 0.25) is 11.0 Å². The number of nitrogens with one attached hydrogen (secondary N) is 1. The molecule has 4 aromatic rings. The average molecular weight is 488 g/mol. The Bertz CT molecular complexity index is 1340. The number of aryl methyl sites for hydroxylation is 1. The van der Waals surface area contributed by atoms with Crippen molar-refractivity contribution >= 4 is 54.6 Å². The van der Waals surface area contributed by atoms with Crippen LogP contribution in [0, 0.1) is 12.8 Å². The molecular weight excluding hydrogens is 466 g/mol. The fraction of sp³-hybridized carbons (Fsp3) is 0.286. The smallest absolute Gasteiger partial charge is 0.252 e. The number of para-hydroxylation sites is 1. The van der Waals surface area contributed by atoms with Crippen molar-refractivity contribution in [3.63, 3.8) is 0 Å². The number of carbonyl (C=O) groups excluding carboxylic acids is 1. The monoisotopic (exact) mass is 487 g/mol. The van der Waals surface area contributed by atoms with Gasteiger partial charge in [0.05, 0.1) is 21.8 Å². The minimum Gasteiger partial charge on any atom is -0.310 e. The topological polar surface area (TPSA) is 97.2 Å². The van der Waals surface area contributed by atoms with Crippen LogP contribution in [-0.4, -0.2) is 46.5 Å². The van der Waals surface area contributed by atoms with Crippen LogP contribution in [0.25, 0.3) is 15.3 Å². The van der Waals surface area contributed by atoms with Crippen molar-refractivity contribution in [3.05, 3.63) is 53.5 Å². The molecule has 5 rings (SSSR count). The highest BCUT2D eigenvalue weighted by atomic mass is 32.2. The minimum absolute atomic E-state index is 0.167. The minimum atomic E-state index is -3.57. The normalized spacial score (nSPS) is 17.6. The molecule has 1 fully saturated rings. The summed E-state index contributed by atoms with van der Waals surface area (Å²) in [6.07, 6.45) is 1.27. The number of amides is 1. The molecule has 3 aromatic heterocycles. The Kier molecular flexibility index (Phi) is 5.58. The van der Waals surface area contributed by atoms with Gasteiger partial charge >= 0.3 is 0 Å². The maximum absolute atomic E-state index is 13.1. The van der Waals surface area contributed by atoms with Crippen molar-refractivity contribution in [3.8, 4) is 5.13 Å². The van der Waals surface area contributed by atoms with Crippen molar-refractivity contribution in [1.82, 2.24) is 19.1 Å². The van der Waals surface area contributed by atoms with Crippen molar-refractivity contribution in [1.29, 1.82) is 0 Å². The number of piperidine rings is 1. The van der Waals surface area contributed by atoms with E-state index in [4.69, 9.17) is 0 Å². The average Bonchev–Trinajstić information content (AvgIpc) is 3.53. The lowest BCUT2D eigenvalue weighted by atomic mass is 9.99. The van der Waals surface area contributed by atoms with Gasteiger partial charge in [-0.2, -0.15) is 14.1 Å². The lowest BCUT2D eigenvalue weighted by Gasteiger charge is -2.30. The Labute approximate surface area is 193 Å². The Morgan fingerprint density at radius 2 is 2.06 bits per heavy atom. The van der Waals surface area contributed by atoms with Crippen LogP contribution >= 0.6 is 22.7 Å². The van der Waals surface area contributed by atoms with Crippen LogP contribution in [0.1, 0.15) is 18.5 Å². The Hall–Kier alpha value is -2.60. The predicted molar refractivity (Wildman–Crippen MR) is 126 cm³/mol. The van der Waals surface area contributed by atoms with E-state index >= 15 is 0 Å². The number of hydrogen-bond acceptors (Lipinski definition) is 7. The van der Waals surface area contributed by atoms with Gasteiger partial charge in [-0.3, -0.25) is 4.79 Å². The number of rotatable bonds is 5. The second kappa shape index (κ2) is 8.39. The van der Waals surface area contributed by atoms with Gasteiger partial charge in [-0.15, -0.1) is 11.3 Å². The first kappa shape index (κ1) is 21.3. The van der Waals surface area contributed by atoms with Gasteiger partial charge in [-0.1, -0.05) is 29.5 Å². The number of anilines is 1. The number of thiophene rings is 1. The molecule has 1 saturated heterocycles. The summed E-state index contributed by atoms with van der Waals surface area (Å²) in [5.41, 5.74) is 1.63. The van der Waals surface area contributed by atoms with E-state index in [0.717, 1.165) is 15.9 Å². The van der Waals surface area contributed by atoms with Crippen LogP contribution < -0.4 is 5.32 Å². The fourth-order valence-electron chi connectivity index (χ4n) is 3.83. The molecular formula is C21H21N5O3S3. The number of carbonyl (C=O) groups is 1. The lowest BCUT2D eigenvalue weighted by Crippen LogP contribution is -2.43. The van der Waals surface area contributed by atoms with Crippen LogP contribution in [0.15, 0.2) is 52.1 Å². The Morgan fingerprint density at radius 1 is 1.22 bits per heavy atom. The standard InChI is InChI=1S/C21H21N5O3S3/c1-14-12-18(26(24-14)21-22-16-7-2-3-8-17(16)31-21)23-20(27)15-6-4-10-25(13-15)32(28,29)19-9-5-11-30-19/h2-3,5,7-9,11-12,15H,4,6,10,13H2,1H3,(H,23,27). The molecule has 0 radical (unpaired) electrons. The molecule has 166 valence electrons. The van der Waals surface area contributed by atoms with Crippen molar-refractivity contribution < 1.29 is 13.2 Å². The van der Waals surface area contributed by atoms with Crippen molar-refractivity contribution in [2.45, 2.75) is 24.0 Å². The van der Waals surface area contributed by atoms with Crippen molar-refractivity contribution in [2.24, 2.45) is 5.92 Å². The maximum Gasteiger partial charge on any atom is 0.252 e. The van der Waals surface area contributed by atoms with E-state index in [1.807, 2.05) is 31.2 Å². The summed E-state index contributed by atoms with van der Waals surface area (Å²) in [6, 6.07) is 12.9. The number of sulfonamides is 1. The van der Waals surface area contributed by atoms with Crippen molar-refractivity contribution in [2.75, 3.05) is 18.4 Å². The molecule has 1 amide bonds. The molecule has 32 heavy (non-hydrogen) atoms. The summed E-state index contributed by atoms with van der Waals surface area (Å²) in [6.45, 7) is 2.45. The zero-order valence-corrected chi connectivity index (χ0v) is 19.7. The fourth-order valence-corrected chi connectivity index (χ4v) is 7.43. The van der Waals surface area contributed by atoms with Crippen LogP contribution in [0.4, 0.5) is 5.82 Å². The molecule has 0 saturated carbocycles. The van der Waals surface area contributed by atoms with Gasteiger partial charge in [0, 0.05) is 19.2 Å². The van der Waals surface area contributed by atoms with Crippen LogP contribution in [0.3, 0.4) is 0 Å². The number of aromatic nitrogens is 3. The molecule has 1 aromatic carbocycles. The van der Waals surface area contributed by atoms with Crippen LogP contribution in [-0.2, 0) is 14.8 Å². The number of hydrogen-bond donors (Lipinski definition) is 1. The summed E-state index contributed by atoms with van der Waals surface area (Å²) >= 11 is 2.69. The number of nitrogens with zero attached hydrogens (tertiary/aromatic N) is 4. The highest BCUT2D eigenvalue weighted by Crippen LogP contribution is 2.29. The van der Waals surface area contributed by atoms with Gasteiger partial charge in [0.1, 0.15) is 10.0 Å². The van der Waals surface area contributed by atoms with E-state index < -0.39 is 15.9 Å². The molecule has 0 spiro atoms. The Balaban J connectivity index is 1.36. The summed E-state index contributed by atoms with van der Waals surface area (Å²) < 4.78 is 30.2. The lowest BCUT2D eigenvalue weighted by molar-refractivity contribution is -0.120. The molecule has 1 aliphatic rings. The maximum atomic E-state index is 13.1. The van der Waals surface area contributed by atoms with E-state index in [0.29, 0.717) is 34.5 Å². The first-order chi connectivity index (χ1) is 15.4. The molecule has 1 atom stereocenters. The summed E-state index contributed by atoms with van der Waals surface area (Å²) in [7, 11) is -3.57. The second-order valence-corrected chi connectivity index (χ2v) is 11.8. The molecule has 0 bridgehead atoms. The summed E-state index contributed by atoms with van der Waals surface area (Å²) in [5, 5.41) is 9.88. The third-order valence-corrected chi connectivity index (χ3v) is 9.64. The zero-order chi connectivity index (χ0) is 22.3. The first-order valence-corrected chi connectivity index (χ1v) is 13.3. The van der Waals surface area contributed by atoms with E-state index in [1.54, 1.807) is 28.3 Å². The second-order valence-electron chi connectivity index (χ2n) is 7.67. The first-order valence-electron chi connectivity index (χ1n) is 10.2. The highest BCUT2D eigenvalue weighted by Gasteiger charge is 2.34. The van der Waals surface area contributed by atoms with Crippen LogP contribution in [0.2, 0.25) is 0 Å². The Morgan fingerprint density at radius 3 is 2.84 bits per heavy atom. The predicted octanol–water partition coefficient (Wildman–Crippen LogP) is 3.89. The largest absolute Gasteiger partial charge is 0.310 e. The summed E-state index contributed by atoms with van der Waals surface area (Å²) in [4.78, 5) is 17.7. The number of thiazole rings is 1. The highest BCUT2D eigenvalue weighted by molar-refractivity contribution is 7.91. The molecule has 4 heterocycles. The third-order valence-electron chi connectivity index (χ3n) is 5.39. The van der Waals surface area contributed by atoms with Gasteiger partial charge in [-0.05, 0) is 43.3 Å². The van der Waals surface area contributed by atoms with E-state index in [2.05, 4.69) is 15.4 Å². The molecule has 1 N–H and O–H groups in total. The SMILES string of the molecule is Cc1cc(NC(=O)C2CCCN(S(=O)(=O)c3cccs3)C2)n(-c2nc3ccccc3s2)n1. The third kappa shape index (κ3) is 3.96. The quantitative estimate of drug-likeness (QED) is 0.461. The van der Waals surface area contributed by atoms with E-state index in [-0.39, 0.29) is 12.5 Å². The number of fused-ring (bicyclic) bond motifs is 1. The zero-order valence-electron chi connectivity index (χ0n) is 17.3. The summed E-state index contributed by atoms with van der Waals surface area (Å²) in [5.74, 6) is -0.111. The molecule has 8 nitrogen and oxygen atoms in total. The molecule has 0 aliphatic carbocycles. The van der Waals surface area contributed by atoms with Gasteiger partial charge < -0.3 is 5.32 Å². The molecule has 11 heteroatoms. The van der Waals surface area contributed by atoms with E-state index in [9.17, 15) is 13.2 Å². The number of benzene rings is 1. The van der Waals surface area contributed by atoms with Gasteiger partial charge in [0.15, 0.2) is 0 Å². The van der Waals surface area contributed by atoms with Gasteiger partial charge in [0.25, 0.3) is 10.0 Å². The van der Waals surface area contributed by atoms with Gasteiger partial charge in [-0.25, -0.2) is 13.4 Å².